The molecule has 0 amide bonds. The van der Waals surface area contributed by atoms with Gasteiger partial charge in [0.05, 0.1) is 0 Å². The first-order valence-corrected chi connectivity index (χ1v) is 2.48. The molecule has 100 valence electrons. The average molecular weight is 319 g/mol. The summed E-state index contributed by atoms with van der Waals surface area (Å²) in [6.45, 7) is 0. The van der Waals surface area contributed by atoms with Crippen molar-refractivity contribution < 1.29 is 75.1 Å². The van der Waals surface area contributed by atoms with Crippen molar-refractivity contribution in [1.82, 2.24) is 0 Å². The van der Waals surface area contributed by atoms with Gasteiger partial charge in [0.2, 0.25) is 0 Å². The van der Waals surface area contributed by atoms with Crippen LogP contribution in [0.4, 0.5) is 0 Å². The molecule has 0 aromatic carbocycles. The second-order valence-corrected chi connectivity index (χ2v) is 1.43. The first kappa shape index (κ1) is 85.5. The summed E-state index contributed by atoms with van der Waals surface area (Å²) in [6, 6.07) is 0. The van der Waals surface area contributed by atoms with Crippen LogP contribution >= 0.6 is 0 Å². The van der Waals surface area contributed by atoms with Crippen molar-refractivity contribution in [2.45, 2.75) is 0 Å². The molecule has 0 radical (unpaired) electrons. The van der Waals surface area contributed by atoms with Crippen molar-refractivity contribution in [3.05, 3.63) is 4.91 Å². The Bertz CT molecular complexity index is 130. The molecular weight excluding hydrogens is 303 g/mol. The van der Waals surface area contributed by atoms with Gasteiger partial charge < -0.3 is 38.1 Å². The Balaban J connectivity index is -0.00000000486. The van der Waals surface area contributed by atoms with Gasteiger partial charge in [-0.15, -0.1) is 4.91 Å². The van der Waals surface area contributed by atoms with Crippen LogP contribution in [0.3, 0.4) is 0 Å². The van der Waals surface area contributed by atoms with Crippen molar-refractivity contribution in [3.63, 3.8) is 0 Å². The van der Waals surface area contributed by atoms with Crippen LogP contribution in [0.5, 0.6) is 0 Å². The van der Waals surface area contributed by atoms with Crippen LogP contribution in [-0.2, 0) is 29.9 Å². The Morgan fingerprint density at radius 1 is 0.800 bits per heavy atom. The maximum absolute atomic E-state index is 8.74. The standard InChI is InChI=1S/HNO2.H2O4S.6H2O.Zn/c2-1-3;1-5(2,3)4;;;;;;;/h(H,2,3);(H2,1,2,3,4);6*1H2;. The van der Waals surface area contributed by atoms with Crippen LogP contribution in [0.25, 0.3) is 0 Å². The van der Waals surface area contributed by atoms with E-state index in [0.717, 1.165) is 0 Å². The predicted molar refractivity (Wildman–Crippen MR) is 43.4 cm³/mol. The summed E-state index contributed by atoms with van der Waals surface area (Å²) in [5.74, 6) is 0. The summed E-state index contributed by atoms with van der Waals surface area (Å²) in [4.78, 5) is 8.11. The van der Waals surface area contributed by atoms with Crippen molar-refractivity contribution in [2.75, 3.05) is 0 Å². The molecule has 0 saturated heterocycles. The number of rotatable bonds is 0. The van der Waals surface area contributed by atoms with E-state index in [2.05, 4.69) is 0 Å². The number of hydrogen-bond acceptors (Lipinski definition) is 4. The van der Waals surface area contributed by atoms with Crippen molar-refractivity contribution >= 4 is 10.4 Å². The van der Waals surface area contributed by atoms with Crippen LogP contribution < -0.4 is 0 Å². The Hall–Kier alpha value is -0.347. The zero-order valence-electron chi connectivity index (χ0n) is 7.13. The maximum atomic E-state index is 8.74. The first-order chi connectivity index (χ1) is 3.41. The molecule has 0 aliphatic rings. The summed E-state index contributed by atoms with van der Waals surface area (Å²) >= 11 is 0. The summed E-state index contributed by atoms with van der Waals surface area (Å²) in [6.07, 6.45) is 0. The number of nitrogens with zero attached hydrogens (tertiary/aromatic N) is 1. The minimum absolute atomic E-state index is 0. The molecule has 0 heterocycles. The molecule has 0 fully saturated rings. The molecule has 15 heteroatoms. The third-order valence-corrected chi connectivity index (χ3v) is 0. The molecule has 0 atom stereocenters. The van der Waals surface area contributed by atoms with Crippen LogP contribution in [-0.4, -0.2) is 55.6 Å². The molecule has 0 rings (SSSR count). The van der Waals surface area contributed by atoms with E-state index >= 15 is 0 Å². The van der Waals surface area contributed by atoms with E-state index < -0.39 is 10.4 Å². The van der Waals surface area contributed by atoms with Gasteiger partial charge in [-0.1, -0.05) is 0 Å². The molecule has 15 heavy (non-hydrogen) atoms. The van der Waals surface area contributed by atoms with Crippen LogP contribution in [0.2, 0.25) is 0 Å². The van der Waals surface area contributed by atoms with Gasteiger partial charge in [0.15, 0.2) is 5.34 Å². The second-order valence-electron chi connectivity index (χ2n) is 0.529. The zero-order chi connectivity index (χ0) is 7.21. The van der Waals surface area contributed by atoms with Gasteiger partial charge in [-0.25, -0.2) is 0 Å². The Kier molecular flexibility index (Phi) is 281. The average Bonchev–Trinajstić information content (AvgIpc) is 1.27. The largest absolute Gasteiger partial charge is 0.412 e. The molecule has 0 unspecified atom stereocenters. The summed E-state index contributed by atoms with van der Waals surface area (Å²) < 4.78 is 31.6. The quantitative estimate of drug-likeness (QED) is 0.169. The Labute approximate surface area is 96.2 Å². The fraction of sp³-hybridized carbons (Fsp3) is 0. The van der Waals surface area contributed by atoms with E-state index in [9.17, 15) is 0 Å². The number of hydrogen-bond donors (Lipinski definition) is 3. The minimum atomic E-state index is -4.67. The SMILES string of the molecule is O.O.O.O.O.O.O=NO.O=S(=O)(O)O.[Zn]. The molecule has 0 aliphatic carbocycles. The molecule has 0 saturated carbocycles. The molecule has 0 bridgehead atoms. The second kappa shape index (κ2) is 49.4. The smallest absolute Gasteiger partial charge is 0.394 e. The molecule has 15 N–H and O–H groups in total. The van der Waals surface area contributed by atoms with Gasteiger partial charge in [-0.2, -0.15) is 8.42 Å². The van der Waals surface area contributed by atoms with Gasteiger partial charge >= 0.3 is 10.4 Å². The third-order valence-electron chi connectivity index (χ3n) is 0. The van der Waals surface area contributed by atoms with E-state index in [1.54, 1.807) is 0 Å². The normalized spacial score (nSPS) is 4.67. The van der Waals surface area contributed by atoms with Crippen LogP contribution in [0.1, 0.15) is 0 Å². The first-order valence-electron chi connectivity index (χ1n) is 1.08. The Morgan fingerprint density at radius 2 is 0.800 bits per heavy atom. The van der Waals surface area contributed by atoms with Gasteiger partial charge in [0, 0.05) is 19.5 Å². The van der Waals surface area contributed by atoms with E-state index in [0.29, 0.717) is 0 Å². The predicted octanol–water partition coefficient (Wildman–Crippen LogP) is -5.46. The van der Waals surface area contributed by atoms with Crippen LogP contribution in [0, 0.1) is 4.91 Å². The summed E-state index contributed by atoms with van der Waals surface area (Å²) in [7, 11) is -4.67. The van der Waals surface area contributed by atoms with E-state index in [1.807, 2.05) is 0 Å². The minimum Gasteiger partial charge on any atom is -0.412 e. The monoisotopic (exact) mass is 317 g/mol. The van der Waals surface area contributed by atoms with Crippen molar-refractivity contribution in [1.29, 1.82) is 0 Å². The molecule has 0 aliphatic heterocycles. The Morgan fingerprint density at radius 3 is 0.800 bits per heavy atom. The summed E-state index contributed by atoms with van der Waals surface area (Å²) in [5.41, 5.74) is 0. The summed E-state index contributed by atoms with van der Waals surface area (Å²) in [5, 5.41) is 7.89. The van der Waals surface area contributed by atoms with Crippen molar-refractivity contribution in [2.24, 2.45) is 5.34 Å². The molecule has 0 aromatic rings. The molecule has 13 nitrogen and oxygen atoms in total. The third kappa shape index (κ3) is 15400. The van der Waals surface area contributed by atoms with Gasteiger partial charge in [0.25, 0.3) is 0 Å². The van der Waals surface area contributed by atoms with Gasteiger partial charge in [-0.3, -0.25) is 9.11 Å². The van der Waals surface area contributed by atoms with E-state index in [4.69, 9.17) is 27.6 Å². The fourth-order valence-corrected chi connectivity index (χ4v) is 0. The maximum Gasteiger partial charge on any atom is 0.394 e. The van der Waals surface area contributed by atoms with Gasteiger partial charge in [-0.05, 0) is 0 Å². The topological polar surface area (TPSA) is 313 Å². The molecular formula is H15NO12SZn. The van der Waals surface area contributed by atoms with E-state index in [1.165, 1.54) is 5.34 Å². The van der Waals surface area contributed by atoms with E-state index in [-0.39, 0.29) is 52.3 Å². The zero-order valence-corrected chi connectivity index (χ0v) is 10.9. The molecule has 0 aromatic heterocycles. The fourth-order valence-electron chi connectivity index (χ4n) is 0. The molecule has 0 spiro atoms. The van der Waals surface area contributed by atoms with Crippen molar-refractivity contribution in [3.8, 4) is 0 Å². The van der Waals surface area contributed by atoms with Gasteiger partial charge in [0.1, 0.15) is 0 Å². The van der Waals surface area contributed by atoms with Crippen LogP contribution in [0.15, 0.2) is 5.34 Å².